The van der Waals surface area contributed by atoms with E-state index in [1.165, 1.54) is 27.9 Å². The molecule has 0 radical (unpaired) electrons. The number of anilines is 1. The number of rotatable bonds is 4. The van der Waals surface area contributed by atoms with Crippen LogP contribution in [0.2, 0.25) is 0 Å². The van der Waals surface area contributed by atoms with Crippen molar-refractivity contribution >= 4 is 11.4 Å². The second-order valence-corrected chi connectivity index (χ2v) is 7.05. The number of nitrogens with zero attached hydrogens (tertiary/aromatic N) is 2. The number of hydrazone groups is 1. The minimum Gasteiger partial charge on any atom is -0.325 e. The van der Waals surface area contributed by atoms with Gasteiger partial charge in [-0.05, 0) is 42.5 Å². The standard InChI is InChI=1S/C21H27N3/c1-14(2)17-6-8-18(9-7-17)21-12-19(13-22)23-24(21)20-10-5-15(3)11-16(20)4/h5-11,14,21H,12-13,22H2,1-4H3. The molecule has 2 N–H and O–H groups in total. The van der Waals surface area contributed by atoms with Crippen LogP contribution in [0.25, 0.3) is 0 Å². The van der Waals surface area contributed by atoms with E-state index >= 15 is 0 Å². The first kappa shape index (κ1) is 16.7. The van der Waals surface area contributed by atoms with Gasteiger partial charge in [-0.25, -0.2) is 0 Å². The number of nitrogens with two attached hydrogens (primary N) is 1. The van der Waals surface area contributed by atoms with E-state index in [9.17, 15) is 0 Å². The van der Waals surface area contributed by atoms with Crippen molar-refractivity contribution in [3.63, 3.8) is 0 Å². The maximum Gasteiger partial charge on any atom is 0.0828 e. The maximum absolute atomic E-state index is 5.88. The van der Waals surface area contributed by atoms with Gasteiger partial charge in [-0.2, -0.15) is 5.10 Å². The fourth-order valence-corrected chi connectivity index (χ4v) is 3.34. The Morgan fingerprint density at radius 3 is 2.42 bits per heavy atom. The lowest BCUT2D eigenvalue weighted by Crippen LogP contribution is -2.19. The summed E-state index contributed by atoms with van der Waals surface area (Å²) >= 11 is 0. The Labute approximate surface area is 145 Å². The summed E-state index contributed by atoms with van der Waals surface area (Å²) in [6.45, 7) is 9.24. The zero-order chi connectivity index (χ0) is 17.3. The number of aryl methyl sites for hydroxylation is 2. The highest BCUT2D eigenvalue weighted by molar-refractivity contribution is 5.90. The minimum absolute atomic E-state index is 0.228. The first-order valence-electron chi connectivity index (χ1n) is 8.72. The predicted octanol–water partition coefficient (Wildman–Crippen LogP) is 4.69. The highest BCUT2D eigenvalue weighted by atomic mass is 15.5. The molecule has 24 heavy (non-hydrogen) atoms. The molecule has 1 atom stereocenters. The molecule has 126 valence electrons. The summed E-state index contributed by atoms with van der Waals surface area (Å²) < 4.78 is 0. The van der Waals surface area contributed by atoms with Crippen LogP contribution in [0.15, 0.2) is 47.6 Å². The SMILES string of the molecule is Cc1ccc(N2N=C(CN)CC2c2ccc(C(C)C)cc2)c(C)c1. The molecule has 1 aliphatic rings. The van der Waals surface area contributed by atoms with Gasteiger partial charge in [-0.3, -0.25) is 5.01 Å². The second kappa shape index (κ2) is 6.78. The molecule has 0 saturated carbocycles. The molecule has 1 aliphatic heterocycles. The second-order valence-electron chi connectivity index (χ2n) is 7.05. The minimum atomic E-state index is 0.228. The van der Waals surface area contributed by atoms with Gasteiger partial charge < -0.3 is 5.73 Å². The lowest BCUT2D eigenvalue weighted by molar-refractivity contribution is 0.705. The molecule has 1 heterocycles. The molecular formula is C21H27N3. The Morgan fingerprint density at radius 2 is 1.83 bits per heavy atom. The summed E-state index contributed by atoms with van der Waals surface area (Å²) in [4.78, 5) is 0. The van der Waals surface area contributed by atoms with Crippen molar-refractivity contribution in [2.45, 2.75) is 46.1 Å². The molecule has 0 saturated heterocycles. The average Bonchev–Trinajstić information content (AvgIpc) is 2.99. The van der Waals surface area contributed by atoms with Crippen molar-refractivity contribution in [3.05, 3.63) is 64.7 Å². The van der Waals surface area contributed by atoms with E-state index < -0.39 is 0 Å². The number of hydrogen-bond donors (Lipinski definition) is 1. The van der Waals surface area contributed by atoms with E-state index in [1.54, 1.807) is 0 Å². The van der Waals surface area contributed by atoms with E-state index in [0.717, 1.165) is 12.1 Å². The summed E-state index contributed by atoms with van der Waals surface area (Å²) in [7, 11) is 0. The van der Waals surface area contributed by atoms with E-state index in [2.05, 4.69) is 75.2 Å². The van der Waals surface area contributed by atoms with Crippen molar-refractivity contribution in [1.29, 1.82) is 0 Å². The van der Waals surface area contributed by atoms with Crippen LogP contribution in [-0.4, -0.2) is 12.3 Å². The Kier molecular flexibility index (Phi) is 4.72. The van der Waals surface area contributed by atoms with Crippen molar-refractivity contribution in [1.82, 2.24) is 0 Å². The van der Waals surface area contributed by atoms with E-state index in [1.807, 2.05) is 0 Å². The number of hydrogen-bond acceptors (Lipinski definition) is 3. The predicted molar refractivity (Wildman–Crippen MR) is 103 cm³/mol. The van der Waals surface area contributed by atoms with Crippen molar-refractivity contribution in [2.75, 3.05) is 11.6 Å². The van der Waals surface area contributed by atoms with Gasteiger partial charge in [0.1, 0.15) is 0 Å². The van der Waals surface area contributed by atoms with Gasteiger partial charge in [0.15, 0.2) is 0 Å². The highest BCUT2D eigenvalue weighted by Gasteiger charge is 2.29. The molecule has 0 amide bonds. The summed E-state index contributed by atoms with van der Waals surface area (Å²) in [6, 6.07) is 15.7. The Bertz CT molecular complexity index is 744. The van der Waals surface area contributed by atoms with E-state index in [-0.39, 0.29) is 6.04 Å². The van der Waals surface area contributed by atoms with E-state index in [4.69, 9.17) is 10.8 Å². The summed E-state index contributed by atoms with van der Waals surface area (Å²) in [5.74, 6) is 0.550. The van der Waals surface area contributed by atoms with Crippen LogP contribution < -0.4 is 10.7 Å². The average molecular weight is 321 g/mol. The Hall–Kier alpha value is -2.13. The fourth-order valence-electron chi connectivity index (χ4n) is 3.34. The van der Waals surface area contributed by atoms with Crippen LogP contribution in [0.4, 0.5) is 5.69 Å². The van der Waals surface area contributed by atoms with Gasteiger partial charge in [0.05, 0.1) is 17.4 Å². The zero-order valence-electron chi connectivity index (χ0n) is 15.1. The molecule has 2 aromatic rings. The quantitative estimate of drug-likeness (QED) is 0.887. The number of benzene rings is 2. The molecule has 0 spiro atoms. The molecule has 0 aromatic heterocycles. The third-order valence-electron chi connectivity index (χ3n) is 4.80. The lowest BCUT2D eigenvalue weighted by Gasteiger charge is -2.26. The normalized spacial score (nSPS) is 17.5. The molecule has 3 nitrogen and oxygen atoms in total. The zero-order valence-corrected chi connectivity index (χ0v) is 15.1. The third kappa shape index (κ3) is 3.22. The first-order valence-corrected chi connectivity index (χ1v) is 8.72. The van der Waals surface area contributed by atoms with Crippen molar-refractivity contribution in [3.8, 4) is 0 Å². The highest BCUT2D eigenvalue weighted by Crippen LogP contribution is 2.37. The summed E-state index contributed by atoms with van der Waals surface area (Å²) in [5, 5.41) is 6.96. The molecule has 3 rings (SSSR count). The molecule has 0 bridgehead atoms. The topological polar surface area (TPSA) is 41.6 Å². The largest absolute Gasteiger partial charge is 0.325 e. The van der Waals surface area contributed by atoms with Crippen LogP contribution in [0.1, 0.15) is 54.5 Å². The summed E-state index contributed by atoms with van der Waals surface area (Å²) in [5.41, 5.74) is 13.3. The van der Waals surface area contributed by atoms with E-state index in [0.29, 0.717) is 12.5 Å². The Balaban J connectivity index is 1.96. The van der Waals surface area contributed by atoms with Gasteiger partial charge in [0, 0.05) is 13.0 Å². The molecule has 0 fully saturated rings. The first-order chi connectivity index (χ1) is 11.5. The molecule has 2 aromatic carbocycles. The Morgan fingerprint density at radius 1 is 1.12 bits per heavy atom. The molecular weight excluding hydrogens is 294 g/mol. The lowest BCUT2D eigenvalue weighted by atomic mass is 9.96. The van der Waals surface area contributed by atoms with Crippen LogP contribution in [0.3, 0.4) is 0 Å². The van der Waals surface area contributed by atoms with Gasteiger partial charge in [0.2, 0.25) is 0 Å². The van der Waals surface area contributed by atoms with Gasteiger partial charge in [-0.1, -0.05) is 55.8 Å². The van der Waals surface area contributed by atoms with Crippen LogP contribution in [-0.2, 0) is 0 Å². The van der Waals surface area contributed by atoms with Crippen LogP contribution >= 0.6 is 0 Å². The smallest absolute Gasteiger partial charge is 0.0828 e. The van der Waals surface area contributed by atoms with Gasteiger partial charge in [0.25, 0.3) is 0 Å². The molecule has 3 heteroatoms. The van der Waals surface area contributed by atoms with Crippen molar-refractivity contribution < 1.29 is 0 Å². The molecule has 0 aliphatic carbocycles. The van der Waals surface area contributed by atoms with Crippen LogP contribution in [0.5, 0.6) is 0 Å². The monoisotopic (exact) mass is 321 g/mol. The maximum atomic E-state index is 5.88. The fraction of sp³-hybridized carbons (Fsp3) is 0.381. The summed E-state index contributed by atoms with van der Waals surface area (Å²) in [6.07, 6.45) is 0.894. The van der Waals surface area contributed by atoms with Crippen LogP contribution in [0, 0.1) is 13.8 Å². The molecule has 1 unspecified atom stereocenters. The van der Waals surface area contributed by atoms with Gasteiger partial charge >= 0.3 is 0 Å². The third-order valence-corrected chi connectivity index (χ3v) is 4.80. The van der Waals surface area contributed by atoms with Crippen molar-refractivity contribution in [2.24, 2.45) is 10.8 Å². The van der Waals surface area contributed by atoms with Gasteiger partial charge in [-0.15, -0.1) is 0 Å².